The molecule has 0 atom stereocenters. The lowest BCUT2D eigenvalue weighted by atomic mass is 10.2. The monoisotopic (exact) mass is 397 g/mol. The molecule has 0 fully saturated rings. The number of benzene rings is 2. The molecule has 2 aromatic heterocycles. The summed E-state index contributed by atoms with van der Waals surface area (Å²) in [6, 6.07) is 13.1. The first kappa shape index (κ1) is 17.9. The third kappa shape index (κ3) is 3.65. The summed E-state index contributed by atoms with van der Waals surface area (Å²) in [6.45, 7) is 2.08. The standard InChI is InChI=1S/C20H16FN3OS2/c1-2-18-22-14(11-26-18)12-27-20-23-17-6-4-3-5-16(17)19(25)24(20)15-9-7-13(21)8-10-15/h3-11H,2,12H2,1H3. The Balaban J connectivity index is 1.80. The average molecular weight is 398 g/mol. The van der Waals surface area contributed by atoms with Crippen LogP contribution < -0.4 is 5.56 Å². The fourth-order valence-electron chi connectivity index (χ4n) is 2.74. The number of aromatic nitrogens is 3. The molecule has 0 amide bonds. The molecule has 0 N–H and O–H groups in total. The van der Waals surface area contributed by atoms with E-state index in [1.165, 1.54) is 23.9 Å². The van der Waals surface area contributed by atoms with Crippen molar-refractivity contribution in [3.8, 4) is 5.69 Å². The number of fused-ring (bicyclic) bond motifs is 1. The summed E-state index contributed by atoms with van der Waals surface area (Å²) < 4.78 is 14.9. The highest BCUT2D eigenvalue weighted by Gasteiger charge is 2.14. The van der Waals surface area contributed by atoms with Crippen molar-refractivity contribution < 1.29 is 4.39 Å². The molecule has 0 bridgehead atoms. The van der Waals surface area contributed by atoms with Gasteiger partial charge in [-0.3, -0.25) is 9.36 Å². The Morgan fingerprint density at radius 2 is 1.89 bits per heavy atom. The third-order valence-electron chi connectivity index (χ3n) is 4.08. The van der Waals surface area contributed by atoms with E-state index in [9.17, 15) is 9.18 Å². The normalized spacial score (nSPS) is 11.2. The Hall–Kier alpha value is -2.51. The van der Waals surface area contributed by atoms with Gasteiger partial charge in [0.15, 0.2) is 5.16 Å². The number of rotatable bonds is 5. The summed E-state index contributed by atoms with van der Waals surface area (Å²) in [5, 5.41) is 4.23. The van der Waals surface area contributed by atoms with Crippen LogP contribution in [0.1, 0.15) is 17.6 Å². The van der Waals surface area contributed by atoms with Gasteiger partial charge < -0.3 is 0 Å². The molecule has 2 aromatic carbocycles. The lowest BCUT2D eigenvalue weighted by molar-refractivity contribution is 0.627. The van der Waals surface area contributed by atoms with Gasteiger partial charge >= 0.3 is 0 Å². The van der Waals surface area contributed by atoms with Crippen LogP contribution in [-0.4, -0.2) is 14.5 Å². The summed E-state index contributed by atoms with van der Waals surface area (Å²) in [6.07, 6.45) is 0.907. The molecule has 136 valence electrons. The maximum absolute atomic E-state index is 13.3. The van der Waals surface area contributed by atoms with Crippen molar-refractivity contribution in [2.45, 2.75) is 24.3 Å². The molecule has 27 heavy (non-hydrogen) atoms. The van der Waals surface area contributed by atoms with Crippen LogP contribution in [-0.2, 0) is 12.2 Å². The second-order valence-electron chi connectivity index (χ2n) is 5.90. The summed E-state index contributed by atoms with van der Waals surface area (Å²) in [4.78, 5) is 22.4. The van der Waals surface area contributed by atoms with E-state index in [1.54, 1.807) is 34.1 Å². The average Bonchev–Trinajstić information content (AvgIpc) is 3.16. The number of nitrogens with zero attached hydrogens (tertiary/aromatic N) is 3. The number of thiazole rings is 1. The van der Waals surface area contributed by atoms with Crippen molar-refractivity contribution in [1.82, 2.24) is 14.5 Å². The number of aryl methyl sites for hydroxylation is 1. The zero-order valence-electron chi connectivity index (χ0n) is 14.6. The lowest BCUT2D eigenvalue weighted by Crippen LogP contribution is -2.21. The van der Waals surface area contributed by atoms with Crippen LogP contribution >= 0.6 is 23.1 Å². The Morgan fingerprint density at radius 3 is 2.63 bits per heavy atom. The molecule has 0 aliphatic rings. The molecule has 0 aliphatic carbocycles. The van der Waals surface area contributed by atoms with Gasteiger partial charge in [-0.15, -0.1) is 11.3 Å². The van der Waals surface area contributed by atoms with Crippen molar-refractivity contribution in [3.05, 3.63) is 80.8 Å². The largest absolute Gasteiger partial charge is 0.268 e. The molecule has 7 heteroatoms. The van der Waals surface area contributed by atoms with Gasteiger partial charge in [0.05, 0.1) is 27.3 Å². The number of hydrogen-bond donors (Lipinski definition) is 0. The van der Waals surface area contributed by atoms with Gasteiger partial charge in [0.1, 0.15) is 5.82 Å². The number of thioether (sulfide) groups is 1. The van der Waals surface area contributed by atoms with Crippen molar-refractivity contribution >= 4 is 34.0 Å². The van der Waals surface area contributed by atoms with E-state index in [-0.39, 0.29) is 11.4 Å². The zero-order chi connectivity index (χ0) is 18.8. The SMILES string of the molecule is CCc1nc(CSc2nc3ccccc3c(=O)n2-c2ccc(F)cc2)cs1. The smallest absolute Gasteiger partial charge is 0.266 e. The number of para-hydroxylation sites is 1. The van der Waals surface area contributed by atoms with Crippen LogP contribution in [0.5, 0.6) is 0 Å². The number of halogens is 1. The molecule has 0 spiro atoms. The van der Waals surface area contributed by atoms with Crippen molar-refractivity contribution in [2.75, 3.05) is 0 Å². The third-order valence-corrected chi connectivity index (χ3v) is 6.09. The predicted octanol–water partition coefficient (Wildman–Crippen LogP) is 4.84. The molecule has 2 heterocycles. The molecule has 0 aliphatic heterocycles. The van der Waals surface area contributed by atoms with E-state index in [0.717, 1.165) is 17.1 Å². The minimum Gasteiger partial charge on any atom is -0.268 e. The van der Waals surface area contributed by atoms with Gasteiger partial charge in [0.25, 0.3) is 5.56 Å². The van der Waals surface area contributed by atoms with E-state index in [1.807, 2.05) is 23.6 Å². The minimum absolute atomic E-state index is 0.165. The van der Waals surface area contributed by atoms with Gasteiger partial charge in [-0.1, -0.05) is 30.8 Å². The molecule has 0 saturated carbocycles. The van der Waals surface area contributed by atoms with Crippen molar-refractivity contribution in [3.63, 3.8) is 0 Å². The molecule has 0 unspecified atom stereocenters. The summed E-state index contributed by atoms with van der Waals surface area (Å²) in [5.74, 6) is 0.270. The van der Waals surface area contributed by atoms with Crippen LogP contribution in [0, 0.1) is 5.82 Å². The van der Waals surface area contributed by atoms with Crippen molar-refractivity contribution in [2.24, 2.45) is 0 Å². The topological polar surface area (TPSA) is 47.8 Å². The molecule has 4 aromatic rings. The molecule has 0 saturated heterocycles. The van der Waals surface area contributed by atoms with E-state index >= 15 is 0 Å². The van der Waals surface area contributed by atoms with Gasteiger partial charge in [-0.2, -0.15) is 0 Å². The molecular formula is C20H16FN3OS2. The Morgan fingerprint density at radius 1 is 1.11 bits per heavy atom. The first-order valence-corrected chi connectivity index (χ1v) is 10.4. The first-order valence-electron chi connectivity index (χ1n) is 8.49. The lowest BCUT2D eigenvalue weighted by Gasteiger charge is -2.13. The Labute approximate surface area is 163 Å². The zero-order valence-corrected chi connectivity index (χ0v) is 16.2. The van der Waals surface area contributed by atoms with Gasteiger partial charge in [-0.25, -0.2) is 14.4 Å². The van der Waals surface area contributed by atoms with Crippen LogP contribution in [0.4, 0.5) is 4.39 Å². The maximum Gasteiger partial charge on any atom is 0.266 e. The van der Waals surface area contributed by atoms with Gasteiger partial charge in [0.2, 0.25) is 0 Å². The highest BCUT2D eigenvalue weighted by atomic mass is 32.2. The molecular weight excluding hydrogens is 381 g/mol. The van der Waals surface area contributed by atoms with E-state index in [2.05, 4.69) is 16.9 Å². The quantitative estimate of drug-likeness (QED) is 0.357. The van der Waals surface area contributed by atoms with E-state index in [0.29, 0.717) is 27.5 Å². The fourth-order valence-corrected chi connectivity index (χ4v) is 4.50. The van der Waals surface area contributed by atoms with Crippen LogP contribution in [0.3, 0.4) is 0 Å². The summed E-state index contributed by atoms with van der Waals surface area (Å²) in [5.41, 5.74) is 2.04. The molecule has 4 nitrogen and oxygen atoms in total. The minimum atomic E-state index is -0.343. The summed E-state index contributed by atoms with van der Waals surface area (Å²) >= 11 is 3.09. The predicted molar refractivity (Wildman–Crippen MR) is 108 cm³/mol. The summed E-state index contributed by atoms with van der Waals surface area (Å²) in [7, 11) is 0. The first-order chi connectivity index (χ1) is 13.2. The molecule has 0 radical (unpaired) electrons. The highest BCUT2D eigenvalue weighted by molar-refractivity contribution is 7.98. The van der Waals surface area contributed by atoms with E-state index in [4.69, 9.17) is 0 Å². The highest BCUT2D eigenvalue weighted by Crippen LogP contribution is 2.25. The van der Waals surface area contributed by atoms with Gasteiger partial charge in [0, 0.05) is 11.1 Å². The molecule has 4 rings (SSSR count). The van der Waals surface area contributed by atoms with Gasteiger partial charge in [-0.05, 0) is 42.8 Å². The Bertz CT molecular complexity index is 1150. The van der Waals surface area contributed by atoms with Crippen LogP contribution in [0.25, 0.3) is 16.6 Å². The van der Waals surface area contributed by atoms with E-state index < -0.39 is 0 Å². The van der Waals surface area contributed by atoms with Crippen LogP contribution in [0.2, 0.25) is 0 Å². The van der Waals surface area contributed by atoms with Crippen molar-refractivity contribution in [1.29, 1.82) is 0 Å². The fraction of sp³-hybridized carbons (Fsp3) is 0.150. The Kier molecular flexibility index (Phi) is 5.05. The number of hydrogen-bond acceptors (Lipinski definition) is 5. The second kappa shape index (κ2) is 7.62. The maximum atomic E-state index is 13.3. The van der Waals surface area contributed by atoms with Crippen LogP contribution in [0.15, 0.2) is 63.9 Å². The second-order valence-corrected chi connectivity index (χ2v) is 7.79.